The van der Waals surface area contributed by atoms with Crippen LogP contribution in [-0.4, -0.2) is 83.8 Å². The minimum Gasteiger partial charge on any atom is -0.361 e. The van der Waals surface area contributed by atoms with E-state index < -0.39 is 0 Å². The number of nitrogens with zero attached hydrogens (tertiary/aromatic N) is 5. The van der Waals surface area contributed by atoms with Crippen LogP contribution >= 0.6 is 12.2 Å². The van der Waals surface area contributed by atoms with Crippen LogP contribution in [0.5, 0.6) is 0 Å². The fraction of sp³-hybridized carbons (Fsp3) is 0.591. The summed E-state index contributed by atoms with van der Waals surface area (Å²) in [6, 6.07) is 6.17. The quantitative estimate of drug-likeness (QED) is 0.621. The summed E-state index contributed by atoms with van der Waals surface area (Å²) in [5.41, 5.74) is 2.93. The zero-order valence-corrected chi connectivity index (χ0v) is 19.6. The van der Waals surface area contributed by atoms with Crippen molar-refractivity contribution in [3.63, 3.8) is 0 Å². The van der Waals surface area contributed by atoms with Crippen LogP contribution in [0.1, 0.15) is 26.5 Å². The molecule has 1 aromatic carbocycles. The SMILES string of the molecule is CCN(CC)CCNC(=S)Nc1ccc2nc(N3CCN(CC)CC3)nc(C)c2c1. The molecule has 7 nitrogen and oxygen atoms in total. The molecular weight excluding hydrogens is 394 g/mol. The van der Waals surface area contributed by atoms with E-state index in [9.17, 15) is 0 Å². The van der Waals surface area contributed by atoms with E-state index in [1.165, 1.54) is 0 Å². The molecule has 2 aromatic rings. The van der Waals surface area contributed by atoms with Crippen molar-refractivity contribution in [3.05, 3.63) is 23.9 Å². The molecule has 2 heterocycles. The number of fused-ring (bicyclic) bond motifs is 1. The Morgan fingerprint density at radius 1 is 1.10 bits per heavy atom. The minimum absolute atomic E-state index is 0.644. The molecule has 164 valence electrons. The third kappa shape index (κ3) is 5.77. The first-order valence-corrected chi connectivity index (χ1v) is 11.5. The van der Waals surface area contributed by atoms with Crippen LogP contribution in [0.3, 0.4) is 0 Å². The zero-order valence-electron chi connectivity index (χ0n) is 18.7. The molecule has 0 radical (unpaired) electrons. The predicted molar refractivity (Wildman–Crippen MR) is 131 cm³/mol. The minimum atomic E-state index is 0.644. The van der Waals surface area contributed by atoms with Crippen LogP contribution in [0.2, 0.25) is 0 Å². The molecule has 1 aromatic heterocycles. The molecule has 30 heavy (non-hydrogen) atoms. The molecule has 0 bridgehead atoms. The second-order valence-corrected chi connectivity index (χ2v) is 8.08. The average Bonchev–Trinajstić information content (AvgIpc) is 2.77. The van der Waals surface area contributed by atoms with Crippen LogP contribution in [0.25, 0.3) is 10.9 Å². The number of nitrogens with one attached hydrogen (secondary N) is 2. The van der Waals surface area contributed by atoms with E-state index in [1.54, 1.807) is 0 Å². The average molecular weight is 430 g/mol. The highest BCUT2D eigenvalue weighted by atomic mass is 32.1. The van der Waals surface area contributed by atoms with E-state index in [0.29, 0.717) is 5.11 Å². The molecule has 1 fully saturated rings. The molecule has 0 saturated carbocycles. The number of thiocarbonyl (C=S) groups is 1. The summed E-state index contributed by atoms with van der Waals surface area (Å²) < 4.78 is 0. The van der Waals surface area contributed by atoms with Crippen molar-refractivity contribution in [1.29, 1.82) is 0 Å². The van der Waals surface area contributed by atoms with Gasteiger partial charge in [0.1, 0.15) is 0 Å². The van der Waals surface area contributed by atoms with Crippen molar-refractivity contribution in [2.24, 2.45) is 0 Å². The number of aryl methyl sites for hydroxylation is 1. The molecule has 1 saturated heterocycles. The second kappa shape index (κ2) is 10.8. The standard InChI is InChI=1S/C22H35N7S/c1-5-27(6-2)11-10-23-22(30)25-18-8-9-20-19(16-18)17(4)24-21(26-20)29-14-12-28(7-3)13-15-29/h8-9,16H,5-7,10-15H2,1-4H3,(H2,23,25,30). The summed E-state index contributed by atoms with van der Waals surface area (Å²) in [5, 5.41) is 8.28. The largest absolute Gasteiger partial charge is 0.361 e. The van der Waals surface area contributed by atoms with E-state index in [0.717, 1.165) is 87.1 Å². The molecule has 3 rings (SSSR count). The molecule has 0 aliphatic carbocycles. The number of aromatic nitrogens is 2. The number of likely N-dealkylation sites (N-methyl/N-ethyl adjacent to an activating group) is 2. The van der Waals surface area contributed by atoms with Crippen LogP contribution in [0, 0.1) is 6.92 Å². The molecule has 1 aliphatic heterocycles. The molecule has 0 amide bonds. The fourth-order valence-corrected chi connectivity index (χ4v) is 4.01. The van der Waals surface area contributed by atoms with Crippen LogP contribution in [0.15, 0.2) is 18.2 Å². The number of piperazine rings is 1. The smallest absolute Gasteiger partial charge is 0.226 e. The Hall–Kier alpha value is -2.03. The summed E-state index contributed by atoms with van der Waals surface area (Å²) in [7, 11) is 0. The molecule has 8 heteroatoms. The van der Waals surface area contributed by atoms with Gasteiger partial charge in [0.25, 0.3) is 0 Å². The third-order valence-electron chi connectivity index (χ3n) is 5.84. The lowest BCUT2D eigenvalue weighted by atomic mass is 10.1. The number of rotatable bonds is 8. The van der Waals surface area contributed by atoms with E-state index in [2.05, 4.69) is 65.2 Å². The molecule has 1 aliphatic rings. The van der Waals surface area contributed by atoms with Gasteiger partial charge in [-0.15, -0.1) is 0 Å². The maximum Gasteiger partial charge on any atom is 0.226 e. The van der Waals surface area contributed by atoms with E-state index in [1.807, 2.05) is 6.07 Å². The Morgan fingerprint density at radius 2 is 1.83 bits per heavy atom. The van der Waals surface area contributed by atoms with Gasteiger partial charge in [0.2, 0.25) is 5.95 Å². The first kappa shape index (κ1) is 22.7. The van der Waals surface area contributed by atoms with Gasteiger partial charge in [-0.1, -0.05) is 20.8 Å². The van der Waals surface area contributed by atoms with Crippen molar-refractivity contribution < 1.29 is 0 Å². The number of hydrogen-bond donors (Lipinski definition) is 2. The maximum atomic E-state index is 5.46. The van der Waals surface area contributed by atoms with E-state index in [-0.39, 0.29) is 0 Å². The molecule has 2 N–H and O–H groups in total. The zero-order chi connectivity index (χ0) is 21.5. The monoisotopic (exact) mass is 429 g/mol. The normalized spacial score (nSPS) is 15.0. The number of anilines is 2. The van der Waals surface area contributed by atoms with Crippen LogP contribution in [-0.2, 0) is 0 Å². The van der Waals surface area contributed by atoms with Gasteiger partial charge in [0.05, 0.1) is 11.2 Å². The predicted octanol–water partition coefficient (Wildman–Crippen LogP) is 2.71. The van der Waals surface area contributed by atoms with Gasteiger partial charge in [-0.05, 0) is 57.0 Å². The lowest BCUT2D eigenvalue weighted by Gasteiger charge is -2.34. The highest BCUT2D eigenvalue weighted by Crippen LogP contribution is 2.23. The van der Waals surface area contributed by atoms with Gasteiger partial charge in [0.15, 0.2) is 5.11 Å². The first-order chi connectivity index (χ1) is 14.5. The van der Waals surface area contributed by atoms with Gasteiger partial charge in [-0.2, -0.15) is 0 Å². The van der Waals surface area contributed by atoms with Crippen molar-refractivity contribution in [1.82, 2.24) is 25.1 Å². The fourth-order valence-electron chi connectivity index (χ4n) is 3.79. The Balaban J connectivity index is 1.63. The highest BCUT2D eigenvalue weighted by Gasteiger charge is 2.19. The van der Waals surface area contributed by atoms with Crippen LogP contribution < -0.4 is 15.5 Å². The lowest BCUT2D eigenvalue weighted by Crippen LogP contribution is -2.46. The topological polar surface area (TPSA) is 59.6 Å². The molecule has 0 atom stereocenters. The maximum absolute atomic E-state index is 5.46. The van der Waals surface area contributed by atoms with Crippen molar-refractivity contribution in [3.8, 4) is 0 Å². The van der Waals surface area contributed by atoms with Gasteiger partial charge in [-0.25, -0.2) is 9.97 Å². The molecule has 0 spiro atoms. The van der Waals surface area contributed by atoms with Crippen molar-refractivity contribution in [2.75, 3.05) is 69.1 Å². The van der Waals surface area contributed by atoms with Gasteiger partial charge in [-0.3, -0.25) is 0 Å². The first-order valence-electron chi connectivity index (χ1n) is 11.1. The number of hydrogen-bond acceptors (Lipinski definition) is 6. The summed E-state index contributed by atoms with van der Waals surface area (Å²) in [5.74, 6) is 0.838. The second-order valence-electron chi connectivity index (χ2n) is 7.67. The Labute approximate surface area is 185 Å². The van der Waals surface area contributed by atoms with Gasteiger partial charge >= 0.3 is 0 Å². The highest BCUT2D eigenvalue weighted by molar-refractivity contribution is 7.80. The summed E-state index contributed by atoms with van der Waals surface area (Å²) in [4.78, 5) is 16.7. The Kier molecular flexibility index (Phi) is 8.18. The van der Waals surface area contributed by atoms with Crippen molar-refractivity contribution in [2.45, 2.75) is 27.7 Å². The molecular formula is C22H35N7S. The van der Waals surface area contributed by atoms with Crippen molar-refractivity contribution >= 4 is 39.9 Å². The Bertz CT molecular complexity index is 845. The Morgan fingerprint density at radius 3 is 2.50 bits per heavy atom. The van der Waals surface area contributed by atoms with Gasteiger partial charge in [0, 0.05) is 50.3 Å². The van der Waals surface area contributed by atoms with Crippen LogP contribution in [0.4, 0.5) is 11.6 Å². The summed E-state index contributed by atoms with van der Waals surface area (Å²) in [6.45, 7) is 17.7. The third-order valence-corrected chi connectivity index (χ3v) is 6.09. The van der Waals surface area contributed by atoms with Gasteiger partial charge < -0.3 is 25.3 Å². The lowest BCUT2D eigenvalue weighted by molar-refractivity contribution is 0.270. The summed E-state index contributed by atoms with van der Waals surface area (Å²) >= 11 is 5.46. The number of benzene rings is 1. The summed E-state index contributed by atoms with van der Waals surface area (Å²) in [6.07, 6.45) is 0. The van der Waals surface area contributed by atoms with E-state index >= 15 is 0 Å². The van der Waals surface area contributed by atoms with E-state index in [4.69, 9.17) is 22.2 Å². The molecule has 0 unspecified atom stereocenters.